The molecule has 0 saturated heterocycles. The van der Waals surface area contributed by atoms with Gasteiger partial charge in [-0.05, 0) is 59.9 Å². The zero-order valence-corrected chi connectivity index (χ0v) is 23.4. The van der Waals surface area contributed by atoms with Crippen LogP contribution in [0.2, 0.25) is 0 Å². The van der Waals surface area contributed by atoms with Gasteiger partial charge in [0.25, 0.3) is 0 Å². The first kappa shape index (κ1) is 31.4. The van der Waals surface area contributed by atoms with Gasteiger partial charge in [-0.25, -0.2) is 8.78 Å². The van der Waals surface area contributed by atoms with Crippen molar-refractivity contribution in [2.45, 2.75) is 95.2 Å². The van der Waals surface area contributed by atoms with Crippen LogP contribution in [0.25, 0.3) is 0 Å². The molecule has 1 fully saturated rings. The Morgan fingerprint density at radius 3 is 2.27 bits per heavy atom. The number of hydrogen-bond acceptors (Lipinski definition) is 5. The maximum atomic E-state index is 13.9. The van der Waals surface area contributed by atoms with Gasteiger partial charge in [-0.15, -0.1) is 0 Å². The van der Waals surface area contributed by atoms with Crippen LogP contribution in [-0.2, 0) is 31.8 Å². The predicted octanol–water partition coefficient (Wildman–Crippen LogP) is 4.53. The highest BCUT2D eigenvalue weighted by Crippen LogP contribution is 2.37. The lowest BCUT2D eigenvalue weighted by molar-refractivity contribution is -0.137. The molecular formula is C31H40F2N2O5. The molecule has 1 amide bonds. The first-order valence-electron chi connectivity index (χ1n) is 13.8. The molecule has 3 rings (SSSR count). The molecule has 0 radical (unpaired) electrons. The number of Topliss-reactive ketones (excluding diaryl/α,β-unsaturated/α-hetero) is 1. The number of carbonyl (C=O) groups excluding carboxylic acids is 2. The fourth-order valence-electron chi connectivity index (χ4n) is 5.19. The number of ketones is 1. The number of carboxylic acid groups (broad SMARTS) is 1. The van der Waals surface area contributed by atoms with E-state index in [2.05, 4.69) is 43.5 Å². The van der Waals surface area contributed by atoms with E-state index in [1.54, 1.807) is 0 Å². The second-order valence-corrected chi connectivity index (χ2v) is 11.8. The number of aliphatic hydroxyl groups excluding tert-OH is 1. The number of aliphatic carboxylic acids is 1. The summed E-state index contributed by atoms with van der Waals surface area (Å²) in [6.45, 7) is 6.42. The number of nitrogens with one attached hydrogen (secondary N) is 2. The van der Waals surface area contributed by atoms with Crippen LogP contribution in [0.1, 0.15) is 82.4 Å². The highest BCUT2D eigenvalue weighted by atomic mass is 19.1. The molecule has 0 aromatic heterocycles. The van der Waals surface area contributed by atoms with Crippen LogP contribution in [0.4, 0.5) is 8.78 Å². The summed E-state index contributed by atoms with van der Waals surface area (Å²) in [6, 6.07) is 10.4. The number of rotatable bonds is 12. The average molecular weight is 559 g/mol. The Balaban J connectivity index is 1.82. The molecule has 0 heterocycles. The van der Waals surface area contributed by atoms with Crippen LogP contribution in [0.3, 0.4) is 0 Å². The summed E-state index contributed by atoms with van der Waals surface area (Å²) >= 11 is 0. The van der Waals surface area contributed by atoms with E-state index in [-0.39, 0.29) is 49.0 Å². The monoisotopic (exact) mass is 558 g/mol. The van der Waals surface area contributed by atoms with Gasteiger partial charge < -0.3 is 20.8 Å². The van der Waals surface area contributed by atoms with Crippen molar-refractivity contribution in [3.63, 3.8) is 0 Å². The zero-order valence-electron chi connectivity index (χ0n) is 23.4. The molecule has 1 aliphatic rings. The second kappa shape index (κ2) is 13.5. The Morgan fingerprint density at radius 2 is 1.68 bits per heavy atom. The number of carboxylic acids is 1. The first-order valence-corrected chi connectivity index (χ1v) is 13.8. The van der Waals surface area contributed by atoms with Crippen LogP contribution in [0, 0.1) is 11.6 Å². The van der Waals surface area contributed by atoms with Gasteiger partial charge in [-0.3, -0.25) is 14.4 Å². The van der Waals surface area contributed by atoms with Crippen LogP contribution in [0.5, 0.6) is 0 Å². The standard InChI is InChI=1S/C31H40F2N2O5/c1-30(2,3)21-6-4-7-22(17-21)31(12-10-25(36)11-13-31)34-19-27(37)26(35-28(38)8-5-9-29(39)40)16-20-14-23(32)18-24(33)15-20/h4,6-7,14-15,17-18,26-27,34,37H,5,8-13,16,19H2,1-3H3,(H,35,38)(H,39,40)/t26-,27+/m0/s1. The van der Waals surface area contributed by atoms with Crippen LogP contribution < -0.4 is 10.6 Å². The Labute approximate surface area is 234 Å². The highest BCUT2D eigenvalue weighted by molar-refractivity contribution is 5.79. The summed E-state index contributed by atoms with van der Waals surface area (Å²) in [5, 5.41) is 26.4. The molecule has 4 N–H and O–H groups in total. The summed E-state index contributed by atoms with van der Waals surface area (Å²) in [6.07, 6.45) is 0.601. The Kier molecular flexibility index (Phi) is 10.6. The van der Waals surface area contributed by atoms with E-state index >= 15 is 0 Å². The van der Waals surface area contributed by atoms with Crippen molar-refractivity contribution in [3.05, 3.63) is 70.8 Å². The number of halogens is 2. The molecule has 9 heteroatoms. The van der Waals surface area contributed by atoms with E-state index in [1.807, 2.05) is 12.1 Å². The summed E-state index contributed by atoms with van der Waals surface area (Å²) in [7, 11) is 0. The number of benzene rings is 2. The number of hydrogen-bond donors (Lipinski definition) is 4. The normalized spacial score (nSPS) is 16.8. The second-order valence-electron chi connectivity index (χ2n) is 11.8. The Bertz CT molecular complexity index is 1180. The van der Waals surface area contributed by atoms with Gasteiger partial charge in [0, 0.05) is 43.8 Å². The van der Waals surface area contributed by atoms with E-state index in [4.69, 9.17) is 5.11 Å². The van der Waals surface area contributed by atoms with E-state index in [0.29, 0.717) is 25.7 Å². The van der Waals surface area contributed by atoms with Crippen LogP contribution in [-0.4, -0.2) is 46.6 Å². The van der Waals surface area contributed by atoms with Crippen molar-refractivity contribution in [1.29, 1.82) is 0 Å². The number of amides is 1. The minimum atomic E-state index is -1.14. The van der Waals surface area contributed by atoms with Crippen molar-refractivity contribution >= 4 is 17.7 Å². The summed E-state index contributed by atoms with van der Waals surface area (Å²) < 4.78 is 27.8. The molecule has 218 valence electrons. The largest absolute Gasteiger partial charge is 0.481 e. The maximum absolute atomic E-state index is 13.9. The molecule has 2 aromatic rings. The number of aliphatic hydroxyl groups is 1. The molecular weight excluding hydrogens is 518 g/mol. The molecule has 2 atom stereocenters. The molecule has 0 spiro atoms. The van der Waals surface area contributed by atoms with E-state index in [9.17, 15) is 28.3 Å². The Hall–Kier alpha value is -3.17. The summed E-state index contributed by atoms with van der Waals surface area (Å²) in [4.78, 5) is 35.6. The topological polar surface area (TPSA) is 116 Å². The SMILES string of the molecule is CC(C)(C)c1cccc(C2(NC[C@@H](O)[C@H](Cc3cc(F)cc(F)c3)NC(=O)CCCC(=O)O)CCC(=O)CC2)c1. The lowest BCUT2D eigenvalue weighted by Crippen LogP contribution is -2.53. The lowest BCUT2D eigenvalue weighted by atomic mass is 9.74. The maximum Gasteiger partial charge on any atom is 0.303 e. The van der Waals surface area contributed by atoms with Gasteiger partial charge in [0.1, 0.15) is 17.4 Å². The zero-order chi connectivity index (χ0) is 29.5. The van der Waals surface area contributed by atoms with Crippen molar-refractivity contribution in [2.75, 3.05) is 6.54 Å². The average Bonchev–Trinajstić information content (AvgIpc) is 2.87. The van der Waals surface area contributed by atoms with E-state index in [1.165, 1.54) is 0 Å². The lowest BCUT2D eigenvalue weighted by Gasteiger charge is -2.40. The molecule has 0 bridgehead atoms. The molecule has 1 saturated carbocycles. The third-order valence-corrected chi connectivity index (χ3v) is 7.58. The van der Waals surface area contributed by atoms with E-state index < -0.39 is 41.2 Å². The van der Waals surface area contributed by atoms with Crippen molar-refractivity contribution in [3.8, 4) is 0 Å². The molecule has 2 aromatic carbocycles. The van der Waals surface area contributed by atoms with E-state index in [0.717, 1.165) is 29.3 Å². The summed E-state index contributed by atoms with van der Waals surface area (Å²) in [5.41, 5.74) is 1.77. The Morgan fingerprint density at radius 1 is 1.02 bits per heavy atom. The minimum absolute atomic E-state index is 0.0345. The van der Waals surface area contributed by atoms with Crippen molar-refractivity contribution in [1.82, 2.24) is 10.6 Å². The molecule has 0 unspecified atom stereocenters. The summed E-state index contributed by atoms with van der Waals surface area (Å²) in [5.74, 6) is -2.82. The van der Waals surface area contributed by atoms with Gasteiger partial charge >= 0.3 is 5.97 Å². The minimum Gasteiger partial charge on any atom is -0.481 e. The third-order valence-electron chi connectivity index (χ3n) is 7.58. The van der Waals surface area contributed by atoms with Gasteiger partial charge in [0.05, 0.1) is 12.1 Å². The van der Waals surface area contributed by atoms with Gasteiger partial charge in [-0.1, -0.05) is 45.0 Å². The van der Waals surface area contributed by atoms with Gasteiger partial charge in [0.2, 0.25) is 5.91 Å². The van der Waals surface area contributed by atoms with Crippen LogP contribution in [0.15, 0.2) is 42.5 Å². The first-order chi connectivity index (χ1) is 18.8. The quantitative estimate of drug-likeness (QED) is 0.304. The van der Waals surface area contributed by atoms with Crippen molar-refractivity contribution < 1.29 is 33.4 Å². The smallest absolute Gasteiger partial charge is 0.303 e. The number of carbonyl (C=O) groups is 3. The predicted molar refractivity (Wildman–Crippen MR) is 148 cm³/mol. The molecule has 7 nitrogen and oxygen atoms in total. The molecule has 0 aliphatic heterocycles. The fraction of sp³-hybridized carbons (Fsp3) is 0.516. The molecule has 40 heavy (non-hydrogen) atoms. The highest BCUT2D eigenvalue weighted by Gasteiger charge is 2.37. The molecule has 1 aliphatic carbocycles. The van der Waals surface area contributed by atoms with Gasteiger partial charge in [0.15, 0.2) is 0 Å². The fourth-order valence-corrected chi connectivity index (χ4v) is 5.19. The van der Waals surface area contributed by atoms with Crippen LogP contribution >= 0.6 is 0 Å². The third kappa shape index (κ3) is 8.93. The van der Waals surface area contributed by atoms with Gasteiger partial charge in [-0.2, -0.15) is 0 Å². The van der Waals surface area contributed by atoms with Crippen molar-refractivity contribution in [2.24, 2.45) is 0 Å².